The highest BCUT2D eigenvalue weighted by molar-refractivity contribution is 5.99. The molecule has 0 radical (unpaired) electrons. The molecule has 3 aliphatic heterocycles. The molecule has 0 saturated carbocycles. The van der Waals surface area contributed by atoms with Gasteiger partial charge in [-0.1, -0.05) is 11.2 Å². The van der Waals surface area contributed by atoms with Gasteiger partial charge in [0.15, 0.2) is 11.3 Å². The Morgan fingerprint density at radius 3 is 2.70 bits per heavy atom. The number of methoxy groups -OCH3 is 2. The molecule has 3 aliphatic rings. The third-order valence-corrected chi connectivity index (χ3v) is 8.42. The van der Waals surface area contributed by atoms with Crippen LogP contribution in [0, 0.1) is 11.6 Å². The fourth-order valence-corrected chi connectivity index (χ4v) is 5.68. The van der Waals surface area contributed by atoms with E-state index in [1.165, 1.54) is 25.0 Å². The lowest BCUT2D eigenvalue weighted by molar-refractivity contribution is -0.0658. The van der Waals surface area contributed by atoms with Gasteiger partial charge in [0, 0.05) is 44.1 Å². The summed E-state index contributed by atoms with van der Waals surface area (Å²) in [6.45, 7) is 2.37. The van der Waals surface area contributed by atoms with Crippen molar-refractivity contribution < 1.29 is 51.7 Å². The number of ether oxygens (including phenoxy) is 5. The molecule has 2 amide bonds. The Hall–Kier alpha value is -4.73. The number of hydrogen-bond acceptors (Lipinski definition) is 11. The molecule has 1 aromatic carbocycles. The van der Waals surface area contributed by atoms with Crippen molar-refractivity contribution in [3.05, 3.63) is 63.1 Å². The lowest BCUT2D eigenvalue weighted by atomic mass is 9.85. The van der Waals surface area contributed by atoms with Gasteiger partial charge in [0.1, 0.15) is 23.8 Å². The Morgan fingerprint density at radius 2 is 2.00 bits per heavy atom. The van der Waals surface area contributed by atoms with E-state index in [2.05, 4.69) is 10.5 Å². The fraction of sp³-hybridized carbons (Fsp3) is 0.500. The number of rotatable bonds is 9. The molecule has 4 atom stereocenters. The first-order valence-corrected chi connectivity index (χ1v) is 14.5. The van der Waals surface area contributed by atoms with Crippen molar-refractivity contribution in [2.45, 2.75) is 63.4 Å². The van der Waals surface area contributed by atoms with Gasteiger partial charge in [-0.2, -0.15) is 0 Å². The molecule has 248 valence electrons. The van der Waals surface area contributed by atoms with Gasteiger partial charge in [0.25, 0.3) is 11.8 Å². The number of aromatic nitrogens is 1. The van der Waals surface area contributed by atoms with Crippen molar-refractivity contribution in [3.63, 3.8) is 0 Å². The predicted octanol–water partition coefficient (Wildman–Crippen LogP) is 2.88. The second kappa shape index (κ2) is 13.3. The number of nitrogens with zero attached hydrogens (tertiary/aromatic N) is 3. The zero-order chi connectivity index (χ0) is 33.2. The average Bonchev–Trinajstić information content (AvgIpc) is 3.42. The molecular weight excluding hydrogens is 614 g/mol. The first-order valence-electron chi connectivity index (χ1n) is 14.5. The molecule has 2 bridgehead atoms. The van der Waals surface area contributed by atoms with Crippen LogP contribution in [0.1, 0.15) is 65.6 Å². The molecule has 14 nitrogen and oxygen atoms in total. The van der Waals surface area contributed by atoms with Crippen LogP contribution in [0.2, 0.25) is 0 Å². The van der Waals surface area contributed by atoms with E-state index >= 15 is 0 Å². The van der Waals surface area contributed by atoms with Crippen molar-refractivity contribution in [1.82, 2.24) is 14.8 Å². The van der Waals surface area contributed by atoms with E-state index in [1.807, 2.05) is 6.92 Å². The molecule has 0 aliphatic carbocycles. The standard InChI is InChI=1S/C30H34F2N4O10/c1-16-7-8-30(10-23(42-4)34-46-30)22-13-35(16)28(39)24-26(44-15-45-29(40)43-14-17(2)41-3)25(37)20(12-36(22)24)27(38)33-11-18-5-6-19(31)9-21(18)32/h5-6,9,12,16-17,22H,7-8,10-11,13-15H2,1-4H3,(H,33,38)/t16-,17-,22+,30-/m0/s1. The normalized spacial score (nSPS) is 22.3. The molecule has 5 rings (SSSR count). The van der Waals surface area contributed by atoms with Crippen molar-refractivity contribution in [2.75, 3.05) is 34.2 Å². The number of carbonyl (C=O) groups is 3. The third kappa shape index (κ3) is 6.34. The van der Waals surface area contributed by atoms with Crippen LogP contribution in [0.5, 0.6) is 5.75 Å². The average molecular weight is 649 g/mol. The van der Waals surface area contributed by atoms with Crippen molar-refractivity contribution in [3.8, 4) is 5.75 Å². The first kappa shape index (κ1) is 32.7. The Morgan fingerprint density at radius 1 is 1.22 bits per heavy atom. The number of fused-ring (bicyclic) bond motifs is 5. The summed E-state index contributed by atoms with van der Waals surface area (Å²) in [4.78, 5) is 60.9. The molecule has 4 heterocycles. The molecule has 1 saturated heterocycles. The van der Waals surface area contributed by atoms with Crippen molar-refractivity contribution in [1.29, 1.82) is 0 Å². The maximum Gasteiger partial charge on any atom is 0.511 e. The van der Waals surface area contributed by atoms with Gasteiger partial charge >= 0.3 is 6.16 Å². The van der Waals surface area contributed by atoms with E-state index in [1.54, 1.807) is 11.8 Å². The second-order valence-corrected chi connectivity index (χ2v) is 11.3. The fourth-order valence-electron chi connectivity index (χ4n) is 5.68. The molecule has 16 heteroatoms. The zero-order valence-corrected chi connectivity index (χ0v) is 25.7. The highest BCUT2D eigenvalue weighted by atomic mass is 19.1. The zero-order valence-electron chi connectivity index (χ0n) is 25.7. The Kier molecular flexibility index (Phi) is 9.46. The summed E-state index contributed by atoms with van der Waals surface area (Å²) >= 11 is 0. The summed E-state index contributed by atoms with van der Waals surface area (Å²) in [5, 5.41) is 6.54. The summed E-state index contributed by atoms with van der Waals surface area (Å²) in [6, 6.07) is 1.95. The first-order chi connectivity index (χ1) is 22.0. The molecule has 1 spiro atoms. The number of halogens is 2. The summed E-state index contributed by atoms with van der Waals surface area (Å²) in [7, 11) is 2.90. The van der Waals surface area contributed by atoms with Crippen LogP contribution in [0.15, 0.2) is 34.3 Å². The van der Waals surface area contributed by atoms with Crippen LogP contribution in [0.3, 0.4) is 0 Å². The molecular formula is C30H34F2N4O10. The maximum absolute atomic E-state index is 14.3. The van der Waals surface area contributed by atoms with Crippen LogP contribution < -0.4 is 15.5 Å². The van der Waals surface area contributed by atoms with Gasteiger partial charge in [0.05, 0.1) is 25.7 Å². The van der Waals surface area contributed by atoms with Crippen LogP contribution in [-0.4, -0.2) is 85.2 Å². The highest BCUT2D eigenvalue weighted by Gasteiger charge is 2.55. The Labute approximate surface area is 262 Å². The molecule has 1 N–H and O–H groups in total. The van der Waals surface area contributed by atoms with E-state index in [0.717, 1.165) is 12.1 Å². The summed E-state index contributed by atoms with van der Waals surface area (Å²) in [5.41, 5.74) is -2.64. The minimum Gasteiger partial charge on any atom is -0.482 e. The Balaban J connectivity index is 1.52. The van der Waals surface area contributed by atoms with E-state index in [9.17, 15) is 28.0 Å². The van der Waals surface area contributed by atoms with E-state index in [0.29, 0.717) is 24.8 Å². The molecule has 2 aromatic rings. The van der Waals surface area contributed by atoms with Gasteiger partial charge in [-0.25, -0.2) is 13.6 Å². The van der Waals surface area contributed by atoms with E-state index < -0.39 is 70.9 Å². The molecule has 1 fully saturated rings. The number of benzene rings is 1. The predicted molar refractivity (Wildman–Crippen MR) is 154 cm³/mol. The number of hydrogen-bond donors (Lipinski definition) is 1. The van der Waals surface area contributed by atoms with Crippen LogP contribution in [-0.2, 0) is 30.3 Å². The summed E-state index contributed by atoms with van der Waals surface area (Å²) < 4.78 is 55.0. The number of pyridine rings is 1. The van der Waals surface area contributed by atoms with Gasteiger partial charge in [0.2, 0.25) is 23.9 Å². The van der Waals surface area contributed by atoms with Gasteiger partial charge in [-0.3, -0.25) is 14.4 Å². The number of carbonyl (C=O) groups excluding carboxylic acids is 3. The van der Waals surface area contributed by atoms with E-state index in [-0.39, 0.29) is 43.4 Å². The van der Waals surface area contributed by atoms with Gasteiger partial charge < -0.3 is 43.3 Å². The van der Waals surface area contributed by atoms with Crippen LogP contribution in [0.4, 0.5) is 13.6 Å². The second-order valence-electron chi connectivity index (χ2n) is 11.3. The Bertz CT molecular complexity index is 1610. The van der Waals surface area contributed by atoms with Crippen LogP contribution in [0.25, 0.3) is 0 Å². The number of nitrogens with one attached hydrogen (secondary N) is 1. The topological polar surface area (TPSA) is 156 Å². The minimum absolute atomic E-state index is 0.0230. The highest BCUT2D eigenvalue weighted by Crippen LogP contribution is 2.46. The van der Waals surface area contributed by atoms with Crippen molar-refractivity contribution >= 4 is 23.9 Å². The number of amides is 2. The van der Waals surface area contributed by atoms with Crippen molar-refractivity contribution in [2.24, 2.45) is 5.16 Å². The summed E-state index contributed by atoms with van der Waals surface area (Å²) in [6.07, 6.45) is 0.955. The van der Waals surface area contributed by atoms with E-state index in [4.69, 9.17) is 28.5 Å². The molecule has 0 unspecified atom stereocenters. The van der Waals surface area contributed by atoms with Gasteiger partial charge in [-0.15, -0.1) is 0 Å². The number of oxime groups is 1. The smallest absolute Gasteiger partial charge is 0.482 e. The maximum atomic E-state index is 14.3. The third-order valence-electron chi connectivity index (χ3n) is 8.42. The SMILES string of the molecule is COC1=NO[C@@]2(CC[C@H](C)N3C[C@H]2n2cc(C(=O)NCc4ccc(F)cc4F)c(=O)c(OCOC(=O)OC[C@H](C)OC)c2C3=O)C1. The quantitative estimate of drug-likeness (QED) is 0.317. The largest absolute Gasteiger partial charge is 0.511 e. The van der Waals surface area contributed by atoms with Crippen LogP contribution >= 0.6 is 0 Å². The monoisotopic (exact) mass is 648 g/mol. The minimum atomic E-state index is -1.12. The molecule has 46 heavy (non-hydrogen) atoms. The lowest BCUT2D eigenvalue weighted by Crippen LogP contribution is -2.52. The summed E-state index contributed by atoms with van der Waals surface area (Å²) in [5.74, 6) is -3.35. The molecule has 1 aromatic heterocycles. The van der Waals surface area contributed by atoms with Gasteiger partial charge in [-0.05, 0) is 32.8 Å². The lowest BCUT2D eigenvalue weighted by Gasteiger charge is -2.42.